The predicted molar refractivity (Wildman–Crippen MR) is 118 cm³/mol. The van der Waals surface area contributed by atoms with Crippen molar-refractivity contribution in [3.8, 4) is 0 Å². The number of carbonyl (C=O) groups is 2. The summed E-state index contributed by atoms with van der Waals surface area (Å²) in [4.78, 5) is 32.8. The molecule has 1 aromatic carbocycles. The van der Waals surface area contributed by atoms with Crippen LogP contribution in [0.2, 0.25) is 0 Å². The van der Waals surface area contributed by atoms with Crippen molar-refractivity contribution in [1.82, 2.24) is 14.7 Å². The first-order chi connectivity index (χ1) is 14.9. The van der Waals surface area contributed by atoms with Crippen LogP contribution in [0.4, 0.5) is 0 Å². The van der Waals surface area contributed by atoms with Gasteiger partial charge in [-0.05, 0) is 32.8 Å². The molecule has 31 heavy (non-hydrogen) atoms. The lowest BCUT2D eigenvalue weighted by Crippen LogP contribution is -2.47. The second-order valence-corrected chi connectivity index (χ2v) is 8.82. The summed E-state index contributed by atoms with van der Waals surface area (Å²) in [5.41, 5.74) is 2.99. The van der Waals surface area contributed by atoms with Crippen molar-refractivity contribution < 1.29 is 19.1 Å². The van der Waals surface area contributed by atoms with Crippen LogP contribution in [0.1, 0.15) is 31.4 Å². The van der Waals surface area contributed by atoms with Crippen LogP contribution in [0, 0.1) is 6.92 Å². The Morgan fingerprint density at radius 2 is 1.58 bits per heavy atom. The van der Waals surface area contributed by atoms with E-state index in [2.05, 4.69) is 9.80 Å². The monoisotopic (exact) mass is 427 g/mol. The van der Waals surface area contributed by atoms with Crippen LogP contribution < -0.4 is 0 Å². The fraction of sp³-hybridized carbons (Fsp3) is 0.583. The third kappa shape index (κ3) is 4.84. The van der Waals surface area contributed by atoms with Crippen molar-refractivity contribution in [2.75, 3.05) is 52.5 Å². The second kappa shape index (κ2) is 9.51. The Kier molecular flexibility index (Phi) is 6.74. The van der Waals surface area contributed by atoms with Gasteiger partial charge < -0.3 is 14.4 Å². The third-order valence-electron chi connectivity index (χ3n) is 6.18. The average Bonchev–Trinajstić information content (AvgIpc) is 2.99. The fourth-order valence-electron chi connectivity index (χ4n) is 4.68. The highest BCUT2D eigenvalue weighted by Gasteiger charge is 2.42. The minimum atomic E-state index is -0.183. The maximum atomic E-state index is 13.5. The Labute approximate surface area is 184 Å². The standard InChI is InChI=1S/C24H33N3O4/c1-17-5-7-20(8-6-17)21-22(26-15-18(2)31-19(3)16-26)24(29)27(23(21)28)10-4-9-25-11-13-30-14-12-25/h5-8,18-19H,4,9-16H2,1-3H3. The highest BCUT2D eigenvalue weighted by Crippen LogP contribution is 2.33. The first-order valence-electron chi connectivity index (χ1n) is 11.3. The number of amides is 2. The maximum Gasteiger partial charge on any atom is 0.277 e. The van der Waals surface area contributed by atoms with E-state index in [4.69, 9.17) is 9.47 Å². The van der Waals surface area contributed by atoms with Gasteiger partial charge in [0.2, 0.25) is 0 Å². The summed E-state index contributed by atoms with van der Waals surface area (Å²) in [7, 11) is 0. The normalized spacial score (nSPS) is 25.6. The second-order valence-electron chi connectivity index (χ2n) is 8.82. The van der Waals surface area contributed by atoms with Gasteiger partial charge in [-0.2, -0.15) is 0 Å². The molecule has 2 fully saturated rings. The topological polar surface area (TPSA) is 62.3 Å². The van der Waals surface area contributed by atoms with Gasteiger partial charge in [0.05, 0.1) is 31.0 Å². The minimum absolute atomic E-state index is 0.00814. The molecule has 2 amide bonds. The van der Waals surface area contributed by atoms with Crippen LogP contribution in [-0.4, -0.2) is 91.2 Å². The molecule has 7 nitrogen and oxygen atoms in total. The lowest BCUT2D eigenvalue weighted by Gasteiger charge is -2.37. The lowest BCUT2D eigenvalue weighted by atomic mass is 10.0. The molecule has 0 N–H and O–H groups in total. The molecular formula is C24H33N3O4. The van der Waals surface area contributed by atoms with Gasteiger partial charge in [-0.15, -0.1) is 0 Å². The largest absolute Gasteiger partial charge is 0.379 e. The van der Waals surface area contributed by atoms with Gasteiger partial charge >= 0.3 is 0 Å². The Morgan fingerprint density at radius 1 is 0.935 bits per heavy atom. The van der Waals surface area contributed by atoms with E-state index in [9.17, 15) is 9.59 Å². The van der Waals surface area contributed by atoms with Crippen molar-refractivity contribution in [3.63, 3.8) is 0 Å². The van der Waals surface area contributed by atoms with Gasteiger partial charge in [0.15, 0.2) is 0 Å². The van der Waals surface area contributed by atoms with Crippen LogP contribution in [0.5, 0.6) is 0 Å². The molecule has 7 heteroatoms. The summed E-state index contributed by atoms with van der Waals surface area (Å²) in [6, 6.07) is 7.87. The molecule has 0 radical (unpaired) electrons. The molecule has 0 spiro atoms. The third-order valence-corrected chi connectivity index (χ3v) is 6.18. The average molecular weight is 428 g/mol. The van der Waals surface area contributed by atoms with E-state index in [1.54, 1.807) is 0 Å². The number of hydrogen-bond acceptors (Lipinski definition) is 6. The Balaban J connectivity index is 1.56. The molecule has 1 aromatic rings. The van der Waals surface area contributed by atoms with E-state index in [0.29, 0.717) is 30.9 Å². The van der Waals surface area contributed by atoms with Crippen molar-refractivity contribution in [2.45, 2.75) is 39.4 Å². The van der Waals surface area contributed by atoms with Gasteiger partial charge in [0.25, 0.3) is 11.8 Å². The highest BCUT2D eigenvalue weighted by atomic mass is 16.5. The molecule has 3 heterocycles. The van der Waals surface area contributed by atoms with E-state index in [1.165, 1.54) is 4.90 Å². The number of rotatable bonds is 6. The molecule has 2 unspecified atom stereocenters. The smallest absolute Gasteiger partial charge is 0.277 e. The first-order valence-corrected chi connectivity index (χ1v) is 11.3. The zero-order chi connectivity index (χ0) is 22.0. The summed E-state index contributed by atoms with van der Waals surface area (Å²) in [6.45, 7) is 11.9. The zero-order valence-corrected chi connectivity index (χ0v) is 18.8. The molecule has 2 atom stereocenters. The number of aryl methyl sites for hydroxylation is 1. The van der Waals surface area contributed by atoms with E-state index < -0.39 is 0 Å². The minimum Gasteiger partial charge on any atom is -0.379 e. The molecule has 4 rings (SSSR count). The van der Waals surface area contributed by atoms with Crippen LogP contribution in [0.3, 0.4) is 0 Å². The van der Waals surface area contributed by atoms with Gasteiger partial charge in [0.1, 0.15) is 5.70 Å². The Hall–Kier alpha value is -2.22. The fourth-order valence-corrected chi connectivity index (χ4v) is 4.68. The highest BCUT2D eigenvalue weighted by molar-refractivity contribution is 6.35. The number of morpholine rings is 2. The number of hydrogen-bond donors (Lipinski definition) is 0. The molecule has 0 bridgehead atoms. The number of carbonyl (C=O) groups excluding carboxylic acids is 2. The summed E-state index contributed by atoms with van der Waals surface area (Å²) < 4.78 is 11.3. The van der Waals surface area contributed by atoms with Gasteiger partial charge in [-0.3, -0.25) is 19.4 Å². The molecule has 168 valence electrons. The van der Waals surface area contributed by atoms with Crippen LogP contribution >= 0.6 is 0 Å². The van der Waals surface area contributed by atoms with Gasteiger partial charge in [-0.25, -0.2) is 0 Å². The van der Waals surface area contributed by atoms with E-state index in [1.807, 2.05) is 45.0 Å². The summed E-state index contributed by atoms with van der Waals surface area (Å²) in [5, 5.41) is 0. The Morgan fingerprint density at radius 3 is 2.23 bits per heavy atom. The van der Waals surface area contributed by atoms with Crippen molar-refractivity contribution in [2.24, 2.45) is 0 Å². The summed E-state index contributed by atoms with van der Waals surface area (Å²) >= 11 is 0. The van der Waals surface area contributed by atoms with Gasteiger partial charge in [0, 0.05) is 39.3 Å². The molecule has 3 aliphatic rings. The molecular weight excluding hydrogens is 394 g/mol. The molecule has 0 saturated carbocycles. The maximum absolute atomic E-state index is 13.5. The van der Waals surface area contributed by atoms with E-state index >= 15 is 0 Å². The number of nitrogens with zero attached hydrogens (tertiary/aromatic N) is 3. The van der Waals surface area contributed by atoms with Crippen molar-refractivity contribution >= 4 is 17.4 Å². The number of imide groups is 1. The molecule has 0 aromatic heterocycles. The molecule has 0 aliphatic carbocycles. The van der Waals surface area contributed by atoms with E-state index in [-0.39, 0.29) is 24.0 Å². The molecule has 3 aliphatic heterocycles. The first kappa shape index (κ1) is 22.0. The number of benzene rings is 1. The summed E-state index contributed by atoms with van der Waals surface area (Å²) in [5.74, 6) is -0.360. The van der Waals surface area contributed by atoms with Crippen LogP contribution in [0.25, 0.3) is 5.57 Å². The lowest BCUT2D eigenvalue weighted by molar-refractivity contribution is -0.138. The summed E-state index contributed by atoms with van der Waals surface area (Å²) in [6.07, 6.45) is 0.782. The zero-order valence-electron chi connectivity index (χ0n) is 18.8. The molecule has 2 saturated heterocycles. The predicted octanol–water partition coefficient (Wildman–Crippen LogP) is 1.91. The van der Waals surface area contributed by atoms with Gasteiger partial charge in [-0.1, -0.05) is 29.8 Å². The Bertz CT molecular complexity index is 835. The van der Waals surface area contributed by atoms with Crippen LogP contribution in [0.15, 0.2) is 30.0 Å². The van der Waals surface area contributed by atoms with Crippen molar-refractivity contribution in [3.05, 3.63) is 41.1 Å². The number of ether oxygens (including phenoxy) is 2. The van der Waals surface area contributed by atoms with E-state index in [0.717, 1.165) is 50.4 Å². The SMILES string of the molecule is Cc1ccc(C2=C(N3CC(C)OC(C)C3)C(=O)N(CCCN3CCOCC3)C2=O)cc1. The van der Waals surface area contributed by atoms with Crippen LogP contribution in [-0.2, 0) is 19.1 Å². The quantitative estimate of drug-likeness (QED) is 0.647. The van der Waals surface area contributed by atoms with Crippen molar-refractivity contribution in [1.29, 1.82) is 0 Å².